The molecule has 3 rings (SSSR count). The number of nitrogens with zero attached hydrogens (tertiary/aromatic N) is 2. The predicted octanol–water partition coefficient (Wildman–Crippen LogP) is 2.75. The van der Waals surface area contributed by atoms with Gasteiger partial charge in [-0.1, -0.05) is 13.0 Å². The second kappa shape index (κ2) is 12.1. The van der Waals surface area contributed by atoms with Crippen LogP contribution in [0.25, 0.3) is 0 Å². The van der Waals surface area contributed by atoms with E-state index < -0.39 is 22.2 Å². The maximum absolute atomic E-state index is 13.3. The summed E-state index contributed by atoms with van der Waals surface area (Å²) in [5.41, 5.74) is 0.822. The molecule has 2 heterocycles. The highest BCUT2D eigenvalue weighted by atomic mass is 32.2. The number of hydrogen-bond acceptors (Lipinski definition) is 7. The lowest BCUT2D eigenvalue weighted by Crippen LogP contribution is -2.49. The van der Waals surface area contributed by atoms with Gasteiger partial charge in [0.05, 0.1) is 25.6 Å². The highest BCUT2D eigenvalue weighted by Gasteiger charge is 2.32. The summed E-state index contributed by atoms with van der Waals surface area (Å²) in [4.78, 5) is 29.0. The molecule has 0 radical (unpaired) electrons. The minimum atomic E-state index is -3.77. The van der Waals surface area contributed by atoms with Crippen LogP contribution in [-0.2, 0) is 21.2 Å². The van der Waals surface area contributed by atoms with Gasteiger partial charge in [-0.2, -0.15) is 0 Å². The average Bonchev–Trinajstić information content (AvgIpc) is 3.38. The van der Waals surface area contributed by atoms with Gasteiger partial charge in [0.15, 0.2) is 0 Å². The number of benzene rings is 1. The Bertz CT molecular complexity index is 1190. The second-order valence-corrected chi connectivity index (χ2v) is 12.6. The number of amides is 3. The molecule has 12 heteroatoms. The van der Waals surface area contributed by atoms with Gasteiger partial charge in [0.1, 0.15) is 16.1 Å². The van der Waals surface area contributed by atoms with Crippen LogP contribution in [0.1, 0.15) is 33.3 Å². The number of carbonyl (C=O) groups excluding carboxylic acids is 2. The Kier molecular flexibility index (Phi) is 9.43. The first-order chi connectivity index (χ1) is 17.4. The lowest BCUT2D eigenvalue weighted by Gasteiger charge is -2.34. The van der Waals surface area contributed by atoms with Crippen LogP contribution in [-0.4, -0.2) is 80.2 Å². The van der Waals surface area contributed by atoms with Crippen LogP contribution >= 0.6 is 11.3 Å². The lowest BCUT2D eigenvalue weighted by atomic mass is 10.0. The van der Waals surface area contributed by atoms with Gasteiger partial charge in [0.25, 0.3) is 10.0 Å². The van der Waals surface area contributed by atoms with Gasteiger partial charge < -0.3 is 25.0 Å². The number of carbonyl (C=O) groups is 2. The standard InChI is InChI=1S/C25H36N4O6S2/c1-16(2)26-25(32)28(5)14-22-17(3)13-29(18(4)15-30)23(31)12-19-11-20(8-9-21(19)35-22)27-37(33,34)24-7-6-10-36-24/h6-11,16-18,22,27,30H,12-15H2,1-5H3,(H,26,32)/t17-,18+,22-/m1/s1. The molecule has 3 amide bonds. The molecule has 0 fully saturated rings. The summed E-state index contributed by atoms with van der Waals surface area (Å²) >= 11 is 1.11. The number of thiophene rings is 1. The van der Waals surface area contributed by atoms with Crippen molar-refractivity contribution in [2.24, 2.45) is 5.92 Å². The maximum Gasteiger partial charge on any atom is 0.317 e. The van der Waals surface area contributed by atoms with E-state index in [1.165, 1.54) is 6.07 Å². The summed E-state index contributed by atoms with van der Waals surface area (Å²) in [6.45, 7) is 7.87. The van der Waals surface area contributed by atoms with Gasteiger partial charge in [-0.3, -0.25) is 9.52 Å². The van der Waals surface area contributed by atoms with Crippen LogP contribution in [0, 0.1) is 5.92 Å². The SMILES string of the molecule is CC(C)NC(=O)N(C)C[C@H]1Oc2ccc(NS(=O)(=O)c3cccs3)cc2CC(=O)N([C@@H](C)CO)C[C@H]1C. The molecule has 0 saturated carbocycles. The molecule has 204 valence electrons. The van der Waals surface area contributed by atoms with E-state index >= 15 is 0 Å². The molecule has 0 aliphatic carbocycles. The summed E-state index contributed by atoms with van der Waals surface area (Å²) < 4.78 is 34.6. The molecule has 37 heavy (non-hydrogen) atoms. The third-order valence-corrected chi connectivity index (χ3v) is 8.92. The van der Waals surface area contributed by atoms with Crippen molar-refractivity contribution in [3.05, 3.63) is 41.3 Å². The van der Waals surface area contributed by atoms with Crippen LogP contribution in [0.4, 0.5) is 10.5 Å². The van der Waals surface area contributed by atoms with E-state index in [2.05, 4.69) is 10.0 Å². The molecule has 2 aromatic rings. The largest absolute Gasteiger partial charge is 0.488 e. The fourth-order valence-electron chi connectivity index (χ4n) is 4.04. The molecule has 1 aliphatic heterocycles. The van der Waals surface area contributed by atoms with Gasteiger partial charge in [0, 0.05) is 36.8 Å². The van der Waals surface area contributed by atoms with Crippen LogP contribution < -0.4 is 14.8 Å². The van der Waals surface area contributed by atoms with Crippen molar-refractivity contribution in [3.8, 4) is 5.75 Å². The summed E-state index contributed by atoms with van der Waals surface area (Å²) in [5.74, 6) is 0.0683. The first-order valence-corrected chi connectivity index (χ1v) is 14.6. The Hall–Kier alpha value is -2.83. The number of aliphatic hydroxyl groups is 1. The zero-order chi connectivity index (χ0) is 27.3. The van der Waals surface area contributed by atoms with E-state index in [0.717, 1.165) is 11.3 Å². The summed E-state index contributed by atoms with van der Waals surface area (Å²) in [6, 6.07) is 7.34. The highest BCUT2D eigenvalue weighted by molar-refractivity contribution is 7.94. The summed E-state index contributed by atoms with van der Waals surface area (Å²) in [7, 11) is -2.08. The van der Waals surface area contributed by atoms with Crippen LogP contribution in [0.2, 0.25) is 0 Å². The molecule has 0 saturated heterocycles. The average molecular weight is 553 g/mol. The zero-order valence-corrected chi connectivity index (χ0v) is 23.4. The maximum atomic E-state index is 13.3. The van der Waals surface area contributed by atoms with Gasteiger partial charge >= 0.3 is 6.03 Å². The normalized spacial score (nSPS) is 19.2. The molecule has 1 aromatic heterocycles. The number of likely N-dealkylation sites (N-methyl/N-ethyl adjacent to an activating group) is 1. The Morgan fingerprint density at radius 2 is 2.03 bits per heavy atom. The Labute approximate surface area is 222 Å². The van der Waals surface area contributed by atoms with Gasteiger partial charge in [0.2, 0.25) is 5.91 Å². The van der Waals surface area contributed by atoms with E-state index in [9.17, 15) is 23.1 Å². The first kappa shape index (κ1) is 28.7. The molecular formula is C25H36N4O6S2. The predicted molar refractivity (Wildman–Crippen MR) is 143 cm³/mol. The minimum absolute atomic E-state index is 0.0237. The number of nitrogens with one attached hydrogen (secondary N) is 2. The molecule has 1 aliphatic rings. The topological polar surface area (TPSA) is 128 Å². The van der Waals surface area contributed by atoms with Crippen molar-refractivity contribution < 1.29 is 27.9 Å². The molecule has 0 bridgehead atoms. The van der Waals surface area contributed by atoms with Crippen molar-refractivity contribution in [1.82, 2.24) is 15.1 Å². The number of aliphatic hydroxyl groups excluding tert-OH is 1. The molecule has 0 unspecified atom stereocenters. The Morgan fingerprint density at radius 3 is 2.65 bits per heavy atom. The number of urea groups is 1. The summed E-state index contributed by atoms with van der Waals surface area (Å²) in [6.07, 6.45) is -0.494. The summed E-state index contributed by atoms with van der Waals surface area (Å²) in [5, 5.41) is 14.3. The van der Waals surface area contributed by atoms with Crippen LogP contribution in [0.3, 0.4) is 0 Å². The monoisotopic (exact) mass is 552 g/mol. The van der Waals surface area contributed by atoms with E-state index in [4.69, 9.17) is 4.74 Å². The number of sulfonamides is 1. The molecule has 3 atom stereocenters. The van der Waals surface area contributed by atoms with Crippen LogP contribution in [0.5, 0.6) is 5.75 Å². The van der Waals surface area contributed by atoms with Crippen molar-refractivity contribution in [2.75, 3.05) is 31.5 Å². The van der Waals surface area contributed by atoms with E-state index in [-0.39, 0.29) is 47.7 Å². The van der Waals surface area contributed by atoms with E-state index in [1.807, 2.05) is 20.8 Å². The number of fused-ring (bicyclic) bond motifs is 1. The molecule has 3 N–H and O–H groups in total. The van der Waals surface area contributed by atoms with Gasteiger partial charge in [-0.25, -0.2) is 13.2 Å². The third kappa shape index (κ3) is 7.36. The Morgan fingerprint density at radius 1 is 1.30 bits per heavy atom. The van der Waals surface area contributed by atoms with E-state index in [0.29, 0.717) is 23.5 Å². The van der Waals surface area contributed by atoms with Crippen molar-refractivity contribution in [2.45, 2.75) is 56.5 Å². The number of anilines is 1. The minimum Gasteiger partial charge on any atom is -0.488 e. The quantitative estimate of drug-likeness (QED) is 0.462. The second-order valence-electron chi connectivity index (χ2n) is 9.73. The molecule has 0 spiro atoms. The Balaban J connectivity index is 1.95. The van der Waals surface area contributed by atoms with Crippen molar-refractivity contribution in [3.63, 3.8) is 0 Å². The smallest absolute Gasteiger partial charge is 0.317 e. The third-order valence-electron chi connectivity index (χ3n) is 6.14. The molecule has 10 nitrogen and oxygen atoms in total. The number of ether oxygens (including phenoxy) is 1. The van der Waals surface area contributed by atoms with Gasteiger partial charge in [-0.05, 0) is 50.4 Å². The highest BCUT2D eigenvalue weighted by Crippen LogP contribution is 2.30. The number of hydrogen-bond donors (Lipinski definition) is 3. The van der Waals surface area contributed by atoms with Crippen molar-refractivity contribution >= 4 is 39.0 Å². The fourth-order valence-corrected chi connectivity index (χ4v) is 6.09. The molecular weight excluding hydrogens is 516 g/mol. The van der Waals surface area contributed by atoms with Gasteiger partial charge in [-0.15, -0.1) is 11.3 Å². The lowest BCUT2D eigenvalue weighted by molar-refractivity contribution is -0.134. The van der Waals surface area contributed by atoms with Crippen LogP contribution in [0.15, 0.2) is 39.9 Å². The zero-order valence-electron chi connectivity index (χ0n) is 21.8. The van der Waals surface area contributed by atoms with Crippen molar-refractivity contribution in [1.29, 1.82) is 0 Å². The number of rotatable bonds is 8. The fraction of sp³-hybridized carbons (Fsp3) is 0.520. The first-order valence-electron chi connectivity index (χ1n) is 12.2. The molecule has 1 aromatic carbocycles. The van der Waals surface area contributed by atoms with E-state index in [1.54, 1.807) is 53.4 Å².